The van der Waals surface area contributed by atoms with E-state index in [9.17, 15) is 4.79 Å². The molecule has 0 amide bonds. The molecule has 0 heterocycles. The highest BCUT2D eigenvalue weighted by Crippen LogP contribution is 2.10. The molecule has 0 aromatic heterocycles. The minimum atomic E-state index is -0.292. The Labute approximate surface area is 122 Å². The lowest BCUT2D eigenvalue weighted by Crippen LogP contribution is -2.03. The van der Waals surface area contributed by atoms with Gasteiger partial charge in [-0.3, -0.25) is 0 Å². The average molecular weight is 274 g/mol. The molecule has 0 aliphatic heterocycles. The summed E-state index contributed by atoms with van der Waals surface area (Å²) in [5, 5.41) is 0. The second kappa shape index (κ2) is 11.3. The van der Waals surface area contributed by atoms with Gasteiger partial charge in [0.2, 0.25) is 0 Å². The van der Waals surface area contributed by atoms with Crippen molar-refractivity contribution in [3.63, 3.8) is 0 Å². The zero-order valence-electron chi connectivity index (χ0n) is 12.5. The zero-order chi connectivity index (χ0) is 14.5. The molecule has 110 valence electrons. The van der Waals surface area contributed by atoms with Gasteiger partial charge in [-0.05, 0) is 25.0 Å². The molecular weight excluding hydrogens is 248 g/mol. The van der Waals surface area contributed by atoms with Gasteiger partial charge in [0, 0.05) is 6.08 Å². The van der Waals surface area contributed by atoms with Crippen LogP contribution in [0.1, 0.15) is 58.3 Å². The van der Waals surface area contributed by atoms with E-state index in [1.165, 1.54) is 44.6 Å². The van der Waals surface area contributed by atoms with E-state index >= 15 is 0 Å². The van der Waals surface area contributed by atoms with Gasteiger partial charge in [-0.25, -0.2) is 4.79 Å². The monoisotopic (exact) mass is 274 g/mol. The lowest BCUT2D eigenvalue weighted by molar-refractivity contribution is -0.129. The highest BCUT2D eigenvalue weighted by molar-refractivity contribution is 5.83. The minimum absolute atomic E-state index is 0.292. The summed E-state index contributed by atoms with van der Waals surface area (Å²) in [5.74, 6) is 0.303. The van der Waals surface area contributed by atoms with E-state index in [0.29, 0.717) is 5.75 Å². The Morgan fingerprint density at radius 1 is 1.00 bits per heavy atom. The number of rotatable bonds is 10. The minimum Gasteiger partial charge on any atom is -0.423 e. The van der Waals surface area contributed by atoms with Crippen LogP contribution in [0.15, 0.2) is 42.5 Å². The molecule has 0 aliphatic carbocycles. The summed E-state index contributed by atoms with van der Waals surface area (Å²) >= 11 is 0. The predicted molar refractivity (Wildman–Crippen MR) is 83.8 cm³/mol. The second-order valence-electron chi connectivity index (χ2n) is 5.05. The van der Waals surface area contributed by atoms with E-state index in [0.717, 1.165) is 12.8 Å². The smallest absolute Gasteiger partial charge is 0.335 e. The number of ether oxygens (including phenoxy) is 1. The Hall–Kier alpha value is -1.57. The van der Waals surface area contributed by atoms with Crippen molar-refractivity contribution >= 4 is 5.97 Å². The molecule has 0 aliphatic rings. The SMILES string of the molecule is CCCCCCCCCC=CC(=O)Oc1ccccc1. The molecule has 0 fully saturated rings. The molecule has 0 bridgehead atoms. The molecule has 0 unspecified atom stereocenters. The number of para-hydroxylation sites is 1. The van der Waals surface area contributed by atoms with Crippen LogP contribution < -0.4 is 4.74 Å². The van der Waals surface area contributed by atoms with Crippen molar-refractivity contribution in [2.45, 2.75) is 58.3 Å². The first-order valence-electron chi connectivity index (χ1n) is 7.76. The number of carbonyl (C=O) groups excluding carboxylic acids is 1. The molecule has 0 spiro atoms. The largest absolute Gasteiger partial charge is 0.423 e. The van der Waals surface area contributed by atoms with Gasteiger partial charge in [0.25, 0.3) is 0 Å². The Morgan fingerprint density at radius 3 is 2.35 bits per heavy atom. The number of unbranched alkanes of at least 4 members (excludes halogenated alkanes) is 7. The van der Waals surface area contributed by atoms with Gasteiger partial charge in [0.1, 0.15) is 5.75 Å². The maximum absolute atomic E-state index is 11.5. The van der Waals surface area contributed by atoms with Crippen molar-refractivity contribution in [3.8, 4) is 5.75 Å². The molecule has 0 radical (unpaired) electrons. The van der Waals surface area contributed by atoms with Gasteiger partial charge in [0.15, 0.2) is 0 Å². The molecule has 0 N–H and O–H groups in total. The molecular formula is C18H26O2. The molecule has 0 saturated carbocycles. The Bertz CT molecular complexity index is 382. The van der Waals surface area contributed by atoms with E-state index in [4.69, 9.17) is 4.74 Å². The summed E-state index contributed by atoms with van der Waals surface area (Å²) in [6.07, 6.45) is 13.5. The van der Waals surface area contributed by atoms with E-state index in [1.807, 2.05) is 24.3 Å². The van der Waals surface area contributed by atoms with Crippen molar-refractivity contribution in [1.82, 2.24) is 0 Å². The highest BCUT2D eigenvalue weighted by atomic mass is 16.5. The lowest BCUT2D eigenvalue weighted by Gasteiger charge is -2.00. The fourth-order valence-electron chi connectivity index (χ4n) is 2.04. The summed E-state index contributed by atoms with van der Waals surface area (Å²) in [5.41, 5.74) is 0. The molecule has 2 nitrogen and oxygen atoms in total. The van der Waals surface area contributed by atoms with Crippen LogP contribution >= 0.6 is 0 Å². The summed E-state index contributed by atoms with van der Waals surface area (Å²) < 4.78 is 5.16. The van der Waals surface area contributed by atoms with Crippen molar-refractivity contribution in [3.05, 3.63) is 42.5 Å². The van der Waals surface area contributed by atoms with Crippen LogP contribution in [0.2, 0.25) is 0 Å². The van der Waals surface area contributed by atoms with Crippen molar-refractivity contribution in [2.75, 3.05) is 0 Å². The average Bonchev–Trinajstić information content (AvgIpc) is 2.46. The third kappa shape index (κ3) is 8.52. The molecule has 1 aromatic carbocycles. The maximum Gasteiger partial charge on any atom is 0.335 e. The van der Waals surface area contributed by atoms with E-state index in [-0.39, 0.29) is 5.97 Å². The van der Waals surface area contributed by atoms with Crippen LogP contribution in [-0.2, 0) is 4.79 Å². The first kappa shape index (κ1) is 16.5. The first-order valence-corrected chi connectivity index (χ1v) is 7.76. The fraction of sp³-hybridized carbons (Fsp3) is 0.500. The van der Waals surface area contributed by atoms with E-state index < -0.39 is 0 Å². The van der Waals surface area contributed by atoms with Crippen LogP contribution in [0, 0.1) is 0 Å². The van der Waals surface area contributed by atoms with E-state index in [1.54, 1.807) is 12.1 Å². The summed E-state index contributed by atoms with van der Waals surface area (Å²) in [7, 11) is 0. The molecule has 1 rings (SSSR count). The van der Waals surface area contributed by atoms with Crippen LogP contribution in [0.4, 0.5) is 0 Å². The fourth-order valence-corrected chi connectivity index (χ4v) is 2.04. The van der Waals surface area contributed by atoms with E-state index in [2.05, 4.69) is 6.92 Å². The summed E-state index contributed by atoms with van der Waals surface area (Å²) in [6, 6.07) is 9.16. The number of carbonyl (C=O) groups is 1. The van der Waals surface area contributed by atoms with Crippen molar-refractivity contribution in [1.29, 1.82) is 0 Å². The van der Waals surface area contributed by atoms with Gasteiger partial charge in [-0.1, -0.05) is 69.7 Å². The molecule has 1 aromatic rings. The van der Waals surface area contributed by atoms with Crippen molar-refractivity contribution in [2.24, 2.45) is 0 Å². The number of esters is 1. The predicted octanol–water partition coefficient (Wildman–Crippen LogP) is 5.29. The van der Waals surface area contributed by atoms with Gasteiger partial charge in [-0.15, -0.1) is 0 Å². The van der Waals surface area contributed by atoms with Crippen LogP contribution in [0.5, 0.6) is 5.75 Å². The Kier molecular flexibility index (Phi) is 9.29. The molecule has 0 atom stereocenters. The molecule has 0 saturated heterocycles. The maximum atomic E-state index is 11.5. The molecule has 2 heteroatoms. The quantitative estimate of drug-likeness (QED) is 0.251. The van der Waals surface area contributed by atoms with Crippen LogP contribution in [0.25, 0.3) is 0 Å². The third-order valence-corrected chi connectivity index (χ3v) is 3.19. The number of hydrogen-bond acceptors (Lipinski definition) is 2. The van der Waals surface area contributed by atoms with Gasteiger partial charge in [0.05, 0.1) is 0 Å². The molecule has 20 heavy (non-hydrogen) atoms. The first-order chi connectivity index (χ1) is 9.83. The van der Waals surface area contributed by atoms with Crippen molar-refractivity contribution < 1.29 is 9.53 Å². The van der Waals surface area contributed by atoms with Gasteiger partial charge in [-0.2, -0.15) is 0 Å². The summed E-state index contributed by atoms with van der Waals surface area (Å²) in [4.78, 5) is 11.5. The third-order valence-electron chi connectivity index (χ3n) is 3.19. The Morgan fingerprint density at radius 2 is 1.65 bits per heavy atom. The summed E-state index contributed by atoms with van der Waals surface area (Å²) in [6.45, 7) is 2.24. The topological polar surface area (TPSA) is 26.3 Å². The van der Waals surface area contributed by atoms with Crippen LogP contribution in [-0.4, -0.2) is 5.97 Å². The van der Waals surface area contributed by atoms with Gasteiger partial charge >= 0.3 is 5.97 Å². The second-order valence-corrected chi connectivity index (χ2v) is 5.05. The standard InChI is InChI=1S/C18H26O2/c1-2-3-4-5-6-7-8-9-13-16-18(19)20-17-14-11-10-12-15-17/h10-16H,2-9H2,1H3. The lowest BCUT2D eigenvalue weighted by atomic mass is 10.1. The van der Waals surface area contributed by atoms with Gasteiger partial charge < -0.3 is 4.74 Å². The number of benzene rings is 1. The highest BCUT2D eigenvalue weighted by Gasteiger charge is 1.98. The normalized spacial score (nSPS) is 10.8. The van der Waals surface area contributed by atoms with Crippen LogP contribution in [0.3, 0.4) is 0 Å². The Balaban J connectivity index is 2.02. The number of allylic oxidation sites excluding steroid dienone is 1. The zero-order valence-corrected chi connectivity index (χ0v) is 12.5. The number of hydrogen-bond donors (Lipinski definition) is 0.